The van der Waals surface area contributed by atoms with Crippen molar-refractivity contribution in [1.29, 1.82) is 10.5 Å². The lowest BCUT2D eigenvalue weighted by Gasteiger charge is -1.80. The summed E-state index contributed by atoms with van der Waals surface area (Å²) < 4.78 is 0. The van der Waals surface area contributed by atoms with Crippen molar-refractivity contribution < 1.29 is 14.8 Å². The first-order valence-electron chi connectivity index (χ1n) is 1.19. The zero-order chi connectivity index (χ0) is 5.54. The SMILES string of the molecule is N#COOOC#N. The van der Waals surface area contributed by atoms with Crippen molar-refractivity contribution in [2.24, 2.45) is 0 Å². The molecule has 7 heavy (non-hydrogen) atoms. The molecule has 36 valence electrons. The van der Waals surface area contributed by atoms with Gasteiger partial charge in [0.05, 0.1) is 5.04 Å². The topological polar surface area (TPSA) is 75.3 Å². The summed E-state index contributed by atoms with van der Waals surface area (Å²) in [6, 6.07) is 0. The van der Waals surface area contributed by atoms with Crippen LogP contribution in [0, 0.1) is 23.0 Å². The van der Waals surface area contributed by atoms with Crippen LogP contribution in [-0.2, 0) is 14.8 Å². The highest BCUT2D eigenvalue weighted by Gasteiger charge is 1.76. The molecule has 0 aliphatic rings. The minimum Gasteiger partial charge on any atom is -0.214 e. The fraction of sp³-hybridized carbons (Fsp3) is 0. The summed E-state index contributed by atoms with van der Waals surface area (Å²) in [7, 11) is 0. The third kappa shape index (κ3) is 4.54. The first-order chi connectivity index (χ1) is 3.41. The van der Waals surface area contributed by atoms with Crippen LogP contribution >= 0.6 is 0 Å². The van der Waals surface area contributed by atoms with Crippen molar-refractivity contribution >= 4 is 0 Å². The number of hydrogen-bond acceptors (Lipinski definition) is 5. The summed E-state index contributed by atoms with van der Waals surface area (Å²) in [5.41, 5.74) is 0. The Kier molecular flexibility index (Phi) is 3.59. The lowest BCUT2D eigenvalue weighted by atomic mass is 11.6. The van der Waals surface area contributed by atoms with Crippen LogP contribution in [0.3, 0.4) is 0 Å². The van der Waals surface area contributed by atoms with Gasteiger partial charge in [-0.2, -0.15) is 0 Å². The summed E-state index contributed by atoms with van der Waals surface area (Å²) in [4.78, 5) is 6.87. The highest BCUT2D eigenvalue weighted by molar-refractivity contribution is 4.39. The number of rotatable bonds is 2. The van der Waals surface area contributed by atoms with E-state index in [9.17, 15) is 0 Å². The Morgan fingerprint density at radius 2 is 1.43 bits per heavy atom. The highest BCUT2D eigenvalue weighted by atomic mass is 17.5. The predicted molar refractivity (Wildman–Crippen MR) is 14.5 cm³/mol. The van der Waals surface area contributed by atoms with E-state index in [-0.39, 0.29) is 0 Å². The van der Waals surface area contributed by atoms with E-state index in [1.807, 2.05) is 0 Å². The number of hydrogen-bond donors (Lipinski definition) is 0. The molecule has 0 atom stereocenters. The van der Waals surface area contributed by atoms with Crippen LogP contribution in [0.1, 0.15) is 0 Å². The zero-order valence-corrected chi connectivity index (χ0v) is 3.12. The van der Waals surface area contributed by atoms with E-state index < -0.39 is 0 Å². The normalized spacial score (nSPS) is 5.43. The average molecular weight is 100 g/mol. The molecule has 5 heteroatoms. The predicted octanol–water partition coefficient (Wildman–Crippen LogP) is -0.172. The van der Waals surface area contributed by atoms with Crippen LogP contribution in [0.2, 0.25) is 0 Å². The molecule has 0 unspecified atom stereocenters. The molecule has 0 N–H and O–H groups in total. The van der Waals surface area contributed by atoms with Gasteiger partial charge in [-0.05, 0) is 0 Å². The monoisotopic (exact) mass is 100.0 g/mol. The summed E-state index contributed by atoms with van der Waals surface area (Å²) in [5.74, 6) is 0. The number of nitriles is 2. The van der Waals surface area contributed by atoms with E-state index in [2.05, 4.69) is 14.8 Å². The van der Waals surface area contributed by atoms with Crippen molar-refractivity contribution in [2.45, 2.75) is 0 Å². The average Bonchev–Trinajstić information content (AvgIpc) is 1.69. The quantitative estimate of drug-likeness (QED) is 0.208. The van der Waals surface area contributed by atoms with Gasteiger partial charge in [-0.15, -0.1) is 10.5 Å². The molecule has 0 aromatic rings. The molecular formula is C2N2O3. The van der Waals surface area contributed by atoms with Gasteiger partial charge in [0.2, 0.25) is 0 Å². The molecule has 0 aliphatic carbocycles. The van der Waals surface area contributed by atoms with Gasteiger partial charge in [0.1, 0.15) is 0 Å². The molecule has 0 fully saturated rings. The molecule has 0 amide bonds. The maximum absolute atomic E-state index is 7.51. The van der Waals surface area contributed by atoms with Gasteiger partial charge in [-0.3, -0.25) is 0 Å². The molecule has 0 saturated carbocycles. The zero-order valence-electron chi connectivity index (χ0n) is 3.12. The van der Waals surface area contributed by atoms with E-state index in [0.29, 0.717) is 0 Å². The van der Waals surface area contributed by atoms with Gasteiger partial charge in [0.25, 0.3) is 0 Å². The molecule has 0 aromatic heterocycles. The number of nitrogens with zero attached hydrogens (tertiary/aromatic N) is 2. The Morgan fingerprint density at radius 3 is 1.71 bits per heavy atom. The first-order valence-corrected chi connectivity index (χ1v) is 1.19. The molecular weight excluding hydrogens is 100 g/mol. The van der Waals surface area contributed by atoms with Crippen molar-refractivity contribution in [3.8, 4) is 12.5 Å². The molecule has 0 radical (unpaired) electrons. The van der Waals surface area contributed by atoms with E-state index >= 15 is 0 Å². The second-order valence-corrected chi connectivity index (χ2v) is 0.417. The van der Waals surface area contributed by atoms with E-state index in [1.54, 1.807) is 0 Å². The minimum atomic E-state index is 1.10. The summed E-state index contributed by atoms with van der Waals surface area (Å²) in [6.45, 7) is 0. The summed E-state index contributed by atoms with van der Waals surface area (Å²) >= 11 is 0. The van der Waals surface area contributed by atoms with Crippen LogP contribution < -0.4 is 0 Å². The van der Waals surface area contributed by atoms with Crippen LogP contribution in [0.25, 0.3) is 0 Å². The maximum Gasteiger partial charge on any atom is 0.329 e. The smallest absolute Gasteiger partial charge is 0.214 e. The summed E-state index contributed by atoms with van der Waals surface area (Å²) in [5, 5.41) is 18.4. The van der Waals surface area contributed by atoms with Gasteiger partial charge in [0.15, 0.2) is 0 Å². The second-order valence-electron chi connectivity index (χ2n) is 0.417. The third-order valence-corrected chi connectivity index (χ3v) is 0.143. The molecule has 0 heterocycles. The van der Waals surface area contributed by atoms with Crippen molar-refractivity contribution in [3.63, 3.8) is 0 Å². The lowest BCUT2D eigenvalue weighted by molar-refractivity contribution is -0.453. The van der Waals surface area contributed by atoms with Gasteiger partial charge in [-0.25, -0.2) is 9.78 Å². The largest absolute Gasteiger partial charge is 0.329 e. The van der Waals surface area contributed by atoms with Gasteiger partial charge < -0.3 is 0 Å². The molecule has 0 rings (SSSR count). The fourth-order valence-electron chi connectivity index (χ4n) is 0.0474. The molecule has 0 aromatic carbocycles. The van der Waals surface area contributed by atoms with E-state index in [0.717, 1.165) is 12.5 Å². The third-order valence-electron chi connectivity index (χ3n) is 0.143. The Balaban J connectivity index is 2.77. The van der Waals surface area contributed by atoms with Gasteiger partial charge in [-0.1, -0.05) is 0 Å². The van der Waals surface area contributed by atoms with E-state index in [1.165, 1.54) is 0 Å². The highest BCUT2D eigenvalue weighted by Crippen LogP contribution is 1.72. The van der Waals surface area contributed by atoms with Crippen LogP contribution in [-0.4, -0.2) is 0 Å². The molecule has 5 nitrogen and oxygen atoms in total. The van der Waals surface area contributed by atoms with Crippen molar-refractivity contribution in [3.05, 3.63) is 0 Å². The van der Waals surface area contributed by atoms with Crippen LogP contribution in [0.15, 0.2) is 0 Å². The maximum atomic E-state index is 7.51. The Labute approximate surface area is 39.1 Å². The minimum absolute atomic E-state index is 1.10. The standard InChI is InChI=1S/C2N2O3/c3-1-5-7-6-2-4. The van der Waals surface area contributed by atoms with Gasteiger partial charge >= 0.3 is 12.5 Å². The molecule has 0 spiro atoms. The Bertz CT molecular complexity index is 95.1. The van der Waals surface area contributed by atoms with Crippen LogP contribution in [0.4, 0.5) is 0 Å². The second kappa shape index (κ2) is 4.54. The fourth-order valence-corrected chi connectivity index (χ4v) is 0.0474. The van der Waals surface area contributed by atoms with Crippen LogP contribution in [0.5, 0.6) is 0 Å². The Hall–Kier alpha value is -1.46. The molecule has 0 saturated heterocycles. The van der Waals surface area contributed by atoms with E-state index in [4.69, 9.17) is 10.5 Å². The molecule has 0 aliphatic heterocycles. The molecule has 0 bridgehead atoms. The lowest BCUT2D eigenvalue weighted by Crippen LogP contribution is -1.82. The first kappa shape index (κ1) is 5.54. The van der Waals surface area contributed by atoms with Crippen molar-refractivity contribution in [2.75, 3.05) is 0 Å². The Morgan fingerprint density at radius 1 is 1.00 bits per heavy atom. The van der Waals surface area contributed by atoms with Gasteiger partial charge in [0, 0.05) is 0 Å². The van der Waals surface area contributed by atoms with Crippen molar-refractivity contribution in [1.82, 2.24) is 0 Å². The summed E-state index contributed by atoms with van der Waals surface area (Å²) in [6.07, 6.45) is 2.21.